The van der Waals surface area contributed by atoms with Gasteiger partial charge in [-0.1, -0.05) is 57.0 Å². The van der Waals surface area contributed by atoms with Crippen LogP contribution in [0.5, 0.6) is 0 Å². The highest BCUT2D eigenvalue weighted by molar-refractivity contribution is 8.77. The number of rotatable bonds is 13. The molecule has 0 heterocycles. The summed E-state index contributed by atoms with van der Waals surface area (Å²) in [6.45, 7) is 10.0. The molecule has 0 bridgehead atoms. The van der Waals surface area contributed by atoms with Gasteiger partial charge >= 0.3 is 0 Å². The zero-order valence-electron chi connectivity index (χ0n) is 21.3. The summed E-state index contributed by atoms with van der Waals surface area (Å²) in [4.78, 5) is 0.206. The zero-order valence-corrected chi connectivity index (χ0v) is 24.6. The molecule has 0 saturated heterocycles. The van der Waals surface area contributed by atoms with Crippen molar-refractivity contribution in [2.45, 2.75) is 72.9 Å². The van der Waals surface area contributed by atoms with Crippen molar-refractivity contribution in [2.75, 3.05) is 13.2 Å². The Labute approximate surface area is 223 Å². The lowest BCUT2D eigenvalue weighted by molar-refractivity contribution is 0.237. The van der Waals surface area contributed by atoms with Crippen molar-refractivity contribution in [1.29, 1.82) is 0 Å². The van der Waals surface area contributed by atoms with E-state index in [2.05, 4.69) is 9.44 Å². The smallest absolute Gasteiger partial charge is 0.240 e. The van der Waals surface area contributed by atoms with Crippen molar-refractivity contribution in [3.8, 4) is 0 Å². The monoisotopic (exact) mass is 576 g/mol. The second-order valence-electron chi connectivity index (χ2n) is 9.71. The van der Waals surface area contributed by atoms with Gasteiger partial charge in [-0.3, -0.25) is 0 Å². The lowest BCUT2D eigenvalue weighted by Gasteiger charge is -2.38. The van der Waals surface area contributed by atoms with Crippen LogP contribution >= 0.6 is 21.6 Å². The molecule has 0 aliphatic heterocycles. The maximum absolute atomic E-state index is 12.9. The minimum atomic E-state index is -3.87. The van der Waals surface area contributed by atoms with E-state index in [0.717, 1.165) is 11.1 Å². The fraction of sp³-hybridized carbons (Fsp3) is 0.500. The first-order chi connectivity index (χ1) is 16.5. The normalized spacial score (nSPS) is 15.0. The molecule has 8 nitrogen and oxygen atoms in total. The number of aryl methyl sites for hydroxylation is 2. The fourth-order valence-electron chi connectivity index (χ4n) is 3.07. The number of aliphatic hydroxyl groups is 2. The molecule has 2 aromatic carbocycles. The maximum Gasteiger partial charge on any atom is 0.240 e. The van der Waals surface area contributed by atoms with E-state index < -0.39 is 54.8 Å². The number of nitrogens with one attached hydrogen (secondary N) is 2. The Kier molecular flexibility index (Phi) is 10.5. The largest absolute Gasteiger partial charge is 0.395 e. The third-order valence-corrected chi connectivity index (χ3v) is 13.1. The molecule has 0 aliphatic rings. The van der Waals surface area contributed by atoms with Gasteiger partial charge in [-0.2, -0.15) is 0 Å². The van der Waals surface area contributed by atoms with Crippen LogP contribution in [0.3, 0.4) is 0 Å². The Morgan fingerprint density at radius 3 is 1.19 bits per heavy atom. The standard InChI is InChI=1S/C24H36N2O6S4/c1-17-7-11-19(12-8-17)35(29,30)25-21(15-27)23(3,4)33-34-24(5,6)22(16-28)26-36(31,32)20-13-9-18(2)10-14-20/h7-14,21-22,25-28H,15-16H2,1-6H3. The number of sulfonamides is 2. The van der Waals surface area contributed by atoms with Gasteiger partial charge in [-0.05, 0) is 65.8 Å². The molecule has 0 amide bonds. The molecule has 2 aromatic rings. The maximum atomic E-state index is 12.9. The topological polar surface area (TPSA) is 133 Å². The average Bonchev–Trinajstić information content (AvgIpc) is 2.80. The van der Waals surface area contributed by atoms with Crippen LogP contribution in [0.4, 0.5) is 0 Å². The van der Waals surface area contributed by atoms with Gasteiger partial charge in [-0.25, -0.2) is 26.3 Å². The van der Waals surface area contributed by atoms with E-state index >= 15 is 0 Å². The first kappa shape index (κ1) is 31.1. The van der Waals surface area contributed by atoms with E-state index in [-0.39, 0.29) is 9.79 Å². The van der Waals surface area contributed by atoms with E-state index in [9.17, 15) is 27.0 Å². The SMILES string of the molecule is Cc1ccc(S(=O)(=O)NC(CO)C(C)(C)SSC(C)(C)C(CO)NS(=O)(=O)c2ccc(C)cc2)cc1. The van der Waals surface area contributed by atoms with Crippen LogP contribution in [-0.2, 0) is 20.0 Å². The van der Waals surface area contributed by atoms with E-state index in [1.807, 2.05) is 13.8 Å². The first-order valence-corrected chi connectivity index (χ1v) is 16.4. The molecule has 2 rings (SSSR count). The number of hydrogen-bond acceptors (Lipinski definition) is 8. The van der Waals surface area contributed by atoms with Gasteiger partial charge in [0.2, 0.25) is 20.0 Å². The van der Waals surface area contributed by atoms with Crippen LogP contribution < -0.4 is 9.44 Å². The van der Waals surface area contributed by atoms with Gasteiger partial charge in [0, 0.05) is 9.49 Å². The van der Waals surface area contributed by atoms with Gasteiger partial charge in [-0.15, -0.1) is 0 Å². The summed E-state index contributed by atoms with van der Waals surface area (Å²) >= 11 is 0. The van der Waals surface area contributed by atoms with E-state index in [4.69, 9.17) is 0 Å². The third-order valence-electron chi connectivity index (χ3n) is 5.77. The Hall–Kier alpha value is -1.12. The van der Waals surface area contributed by atoms with Gasteiger partial charge in [0.1, 0.15) is 0 Å². The Morgan fingerprint density at radius 1 is 0.667 bits per heavy atom. The van der Waals surface area contributed by atoms with Crippen molar-refractivity contribution >= 4 is 41.6 Å². The average molecular weight is 577 g/mol. The summed E-state index contributed by atoms with van der Waals surface area (Å²) in [5.74, 6) is 0. The van der Waals surface area contributed by atoms with E-state index in [1.165, 1.54) is 45.9 Å². The second kappa shape index (κ2) is 12.2. The van der Waals surface area contributed by atoms with Crippen molar-refractivity contribution in [3.05, 3.63) is 59.7 Å². The highest BCUT2D eigenvalue weighted by Crippen LogP contribution is 2.46. The molecule has 2 unspecified atom stereocenters. The Balaban J connectivity index is 2.14. The predicted molar refractivity (Wildman–Crippen MR) is 148 cm³/mol. The Bertz CT molecular complexity index is 1110. The first-order valence-electron chi connectivity index (χ1n) is 11.3. The van der Waals surface area contributed by atoms with Crippen LogP contribution in [0.25, 0.3) is 0 Å². The highest BCUT2D eigenvalue weighted by atomic mass is 33.1. The highest BCUT2D eigenvalue weighted by Gasteiger charge is 2.39. The van der Waals surface area contributed by atoms with Crippen LogP contribution in [0.2, 0.25) is 0 Å². The van der Waals surface area contributed by atoms with E-state index in [1.54, 1.807) is 52.0 Å². The second-order valence-corrected chi connectivity index (χ2v) is 16.6. The lowest BCUT2D eigenvalue weighted by atomic mass is 10.1. The van der Waals surface area contributed by atoms with Crippen LogP contribution in [-0.4, -0.2) is 61.8 Å². The predicted octanol–water partition coefficient (Wildman–Crippen LogP) is 3.22. The lowest BCUT2D eigenvalue weighted by Crippen LogP contribution is -2.51. The fourth-order valence-corrected chi connectivity index (χ4v) is 8.89. The van der Waals surface area contributed by atoms with Crippen molar-refractivity contribution in [1.82, 2.24) is 9.44 Å². The molecule has 202 valence electrons. The molecular weight excluding hydrogens is 541 g/mol. The third kappa shape index (κ3) is 8.19. The minimum absolute atomic E-state index is 0.103. The molecule has 12 heteroatoms. The van der Waals surface area contributed by atoms with E-state index in [0.29, 0.717) is 0 Å². The molecule has 0 spiro atoms. The molecular formula is C24H36N2O6S4. The molecule has 0 aromatic heterocycles. The molecule has 2 atom stereocenters. The molecule has 0 radical (unpaired) electrons. The number of aliphatic hydroxyl groups excluding tert-OH is 2. The molecule has 0 aliphatic carbocycles. The van der Waals surface area contributed by atoms with Crippen molar-refractivity contribution in [3.63, 3.8) is 0 Å². The van der Waals surface area contributed by atoms with Gasteiger partial charge in [0.25, 0.3) is 0 Å². The number of benzene rings is 2. The molecule has 0 saturated carbocycles. The Morgan fingerprint density at radius 2 is 0.944 bits per heavy atom. The van der Waals surface area contributed by atoms with Gasteiger partial charge in [0.05, 0.1) is 35.1 Å². The summed E-state index contributed by atoms with van der Waals surface area (Å²) in [7, 11) is -5.12. The zero-order chi connectivity index (χ0) is 27.4. The summed E-state index contributed by atoms with van der Waals surface area (Å²) in [6.07, 6.45) is 0. The molecule has 0 fully saturated rings. The minimum Gasteiger partial charge on any atom is -0.395 e. The quantitative estimate of drug-likeness (QED) is 0.267. The van der Waals surface area contributed by atoms with Gasteiger partial charge < -0.3 is 10.2 Å². The number of hydrogen-bond donors (Lipinski definition) is 4. The van der Waals surface area contributed by atoms with Crippen LogP contribution in [0.1, 0.15) is 38.8 Å². The molecule has 36 heavy (non-hydrogen) atoms. The van der Waals surface area contributed by atoms with Gasteiger partial charge in [0.15, 0.2) is 0 Å². The summed E-state index contributed by atoms with van der Waals surface area (Å²) < 4.78 is 55.1. The van der Waals surface area contributed by atoms with Crippen LogP contribution in [0.15, 0.2) is 58.3 Å². The summed E-state index contributed by atoms with van der Waals surface area (Å²) in [5, 5.41) is 20.0. The van der Waals surface area contributed by atoms with Crippen molar-refractivity contribution < 1.29 is 27.0 Å². The summed E-state index contributed by atoms with van der Waals surface area (Å²) in [6, 6.07) is 11.2. The summed E-state index contributed by atoms with van der Waals surface area (Å²) in [5.41, 5.74) is 1.86. The van der Waals surface area contributed by atoms with Crippen LogP contribution in [0, 0.1) is 13.8 Å². The molecule has 4 N–H and O–H groups in total. The van der Waals surface area contributed by atoms with Crippen molar-refractivity contribution in [2.24, 2.45) is 0 Å².